The van der Waals surface area contributed by atoms with Gasteiger partial charge in [0.15, 0.2) is 0 Å². The van der Waals surface area contributed by atoms with Crippen molar-refractivity contribution in [2.24, 2.45) is 0 Å². The molecule has 2 rings (SSSR count). The Morgan fingerprint density at radius 3 is 2.00 bits per heavy atom. The Hall–Kier alpha value is -1.09. The Bertz CT molecular complexity index is 416. The fourth-order valence-corrected chi connectivity index (χ4v) is 3.02. The van der Waals surface area contributed by atoms with E-state index in [4.69, 9.17) is 12.2 Å². The molecule has 0 aromatic carbocycles. The fourth-order valence-electron chi connectivity index (χ4n) is 2.78. The molecule has 1 aliphatic carbocycles. The molecule has 1 saturated heterocycles. The van der Waals surface area contributed by atoms with Gasteiger partial charge in [-0.3, -0.25) is 0 Å². The lowest BCUT2D eigenvalue weighted by molar-refractivity contribution is 0.326. The Balaban J connectivity index is 2.23. The molecule has 1 fully saturated rings. The van der Waals surface area contributed by atoms with E-state index < -0.39 is 0 Å². The van der Waals surface area contributed by atoms with Crippen molar-refractivity contribution in [3.8, 4) is 0 Å². The summed E-state index contributed by atoms with van der Waals surface area (Å²) < 4.78 is 0. The van der Waals surface area contributed by atoms with Crippen LogP contribution in [0.1, 0.15) is 39.5 Å². The number of hydrogen-bond donors (Lipinski definition) is 0. The number of rotatable bonds is 6. The van der Waals surface area contributed by atoms with Crippen LogP contribution in [0.2, 0.25) is 0 Å². The first kappa shape index (κ1) is 15.3. The van der Waals surface area contributed by atoms with Gasteiger partial charge in [0, 0.05) is 36.6 Å². The molecule has 0 aromatic rings. The minimum atomic E-state index is 0.979. The zero-order valence-electron chi connectivity index (χ0n) is 12.8. The molecule has 1 heterocycles. The van der Waals surface area contributed by atoms with Crippen LogP contribution in [0.3, 0.4) is 0 Å². The fraction of sp³-hybridized carbons (Fsp3) is 0.588. The summed E-state index contributed by atoms with van der Waals surface area (Å²) in [4.78, 5) is 6.04. The smallest absolute Gasteiger partial charge is 0.113 e. The third-order valence-corrected chi connectivity index (χ3v) is 4.29. The molecule has 0 atom stereocenters. The van der Waals surface area contributed by atoms with Crippen molar-refractivity contribution in [1.29, 1.82) is 0 Å². The lowest BCUT2D eigenvalue weighted by atomic mass is 10.1. The van der Waals surface area contributed by atoms with Gasteiger partial charge in [0.25, 0.3) is 0 Å². The van der Waals surface area contributed by atoms with Crippen molar-refractivity contribution < 1.29 is 0 Å². The molecule has 2 nitrogen and oxygen atoms in total. The molecule has 0 unspecified atom stereocenters. The maximum atomic E-state index is 5.55. The van der Waals surface area contributed by atoms with Crippen molar-refractivity contribution in [2.75, 3.05) is 26.2 Å². The lowest BCUT2D eigenvalue weighted by Gasteiger charge is -2.28. The van der Waals surface area contributed by atoms with Crippen LogP contribution >= 0.6 is 12.2 Å². The largest absolute Gasteiger partial charge is 0.356 e. The molecule has 20 heavy (non-hydrogen) atoms. The summed E-state index contributed by atoms with van der Waals surface area (Å²) in [5, 5.41) is 0. The number of thiocarbonyl (C=S) groups is 1. The van der Waals surface area contributed by atoms with Crippen LogP contribution in [-0.2, 0) is 0 Å². The van der Waals surface area contributed by atoms with Gasteiger partial charge in [0.1, 0.15) is 5.82 Å². The van der Waals surface area contributed by atoms with E-state index in [1.165, 1.54) is 37.1 Å². The van der Waals surface area contributed by atoms with Gasteiger partial charge >= 0.3 is 0 Å². The minimum absolute atomic E-state index is 0.979. The van der Waals surface area contributed by atoms with E-state index in [1.807, 2.05) is 12.2 Å². The summed E-state index contributed by atoms with van der Waals surface area (Å²) in [5.74, 6) is 1.37. The van der Waals surface area contributed by atoms with Gasteiger partial charge in [0.05, 0.1) is 0 Å². The van der Waals surface area contributed by atoms with E-state index in [2.05, 4.69) is 35.8 Å². The van der Waals surface area contributed by atoms with Crippen molar-refractivity contribution in [3.05, 3.63) is 35.7 Å². The van der Waals surface area contributed by atoms with Gasteiger partial charge in [-0.25, -0.2) is 0 Å². The van der Waals surface area contributed by atoms with Crippen LogP contribution in [0, 0.1) is 0 Å². The van der Waals surface area contributed by atoms with Crippen LogP contribution in [0.25, 0.3) is 0 Å². The average molecular weight is 290 g/mol. The third kappa shape index (κ3) is 3.51. The van der Waals surface area contributed by atoms with Crippen molar-refractivity contribution in [2.45, 2.75) is 39.5 Å². The Morgan fingerprint density at radius 2 is 1.50 bits per heavy atom. The monoisotopic (exact) mass is 290 g/mol. The number of hydrogen-bond acceptors (Lipinski definition) is 3. The van der Waals surface area contributed by atoms with Crippen LogP contribution in [0.4, 0.5) is 0 Å². The highest BCUT2D eigenvalue weighted by molar-refractivity contribution is 7.81. The average Bonchev–Trinajstić information content (AvgIpc) is 2.86. The second-order valence-electron chi connectivity index (χ2n) is 5.50. The molecule has 0 radical (unpaired) electrons. The Morgan fingerprint density at radius 1 is 0.950 bits per heavy atom. The van der Waals surface area contributed by atoms with Gasteiger partial charge in [-0.05, 0) is 25.0 Å². The predicted molar refractivity (Wildman–Crippen MR) is 90.9 cm³/mol. The van der Waals surface area contributed by atoms with Gasteiger partial charge in [-0.2, -0.15) is 0 Å². The standard InChI is InChI=1S/C17H26N2S/c1-3-5-11-18-13-14-19(12-6-4-2)17(18)15-9-7-8-10-16(15)20/h7-10H,3-6,11-14H2,1-2H3. The summed E-state index contributed by atoms with van der Waals surface area (Å²) in [6, 6.07) is 0. The van der Waals surface area contributed by atoms with Gasteiger partial charge < -0.3 is 9.80 Å². The van der Waals surface area contributed by atoms with E-state index in [-0.39, 0.29) is 0 Å². The Kier molecular flexibility index (Phi) is 5.84. The molecule has 110 valence electrons. The molecule has 2 aliphatic rings. The molecule has 1 aliphatic heterocycles. The van der Waals surface area contributed by atoms with Crippen molar-refractivity contribution in [1.82, 2.24) is 9.80 Å². The van der Waals surface area contributed by atoms with E-state index in [1.54, 1.807) is 0 Å². The van der Waals surface area contributed by atoms with Crippen LogP contribution in [0.5, 0.6) is 0 Å². The van der Waals surface area contributed by atoms with Gasteiger partial charge in [-0.15, -0.1) is 0 Å². The first-order valence-corrected chi connectivity index (χ1v) is 8.32. The van der Waals surface area contributed by atoms with E-state index in [0.29, 0.717) is 0 Å². The zero-order valence-corrected chi connectivity index (χ0v) is 13.6. The molecule has 0 saturated carbocycles. The summed E-state index contributed by atoms with van der Waals surface area (Å²) in [6.45, 7) is 9.10. The van der Waals surface area contributed by atoms with Gasteiger partial charge in [0.2, 0.25) is 0 Å². The number of allylic oxidation sites excluding steroid dienone is 5. The predicted octanol–water partition coefficient (Wildman–Crippen LogP) is 3.91. The number of nitrogens with zero attached hydrogens (tertiary/aromatic N) is 2. The minimum Gasteiger partial charge on any atom is -0.356 e. The molecule has 0 N–H and O–H groups in total. The van der Waals surface area contributed by atoms with Crippen LogP contribution in [0.15, 0.2) is 35.7 Å². The maximum Gasteiger partial charge on any atom is 0.113 e. The second-order valence-corrected chi connectivity index (χ2v) is 5.94. The van der Waals surface area contributed by atoms with Crippen LogP contribution < -0.4 is 0 Å². The molecular weight excluding hydrogens is 264 g/mol. The molecule has 0 aromatic heterocycles. The van der Waals surface area contributed by atoms with E-state index in [9.17, 15) is 0 Å². The lowest BCUT2D eigenvalue weighted by Crippen LogP contribution is -2.28. The topological polar surface area (TPSA) is 6.48 Å². The van der Waals surface area contributed by atoms with E-state index in [0.717, 1.165) is 31.0 Å². The third-order valence-electron chi connectivity index (χ3n) is 3.93. The Labute approximate surface area is 128 Å². The SMILES string of the molecule is CCCCN1CCN(CCCC)C1=C1C=CC=CC1=S. The first-order valence-electron chi connectivity index (χ1n) is 7.91. The molecule has 3 heteroatoms. The van der Waals surface area contributed by atoms with Crippen molar-refractivity contribution >= 4 is 17.1 Å². The maximum absolute atomic E-state index is 5.55. The molecule has 0 amide bonds. The highest BCUT2D eigenvalue weighted by Gasteiger charge is 2.27. The molecular formula is C17H26N2S. The van der Waals surface area contributed by atoms with E-state index >= 15 is 0 Å². The molecule has 0 bridgehead atoms. The van der Waals surface area contributed by atoms with Crippen LogP contribution in [-0.4, -0.2) is 40.8 Å². The highest BCUT2D eigenvalue weighted by Crippen LogP contribution is 2.26. The normalized spacial score (nSPS) is 18.6. The quantitative estimate of drug-likeness (QED) is 0.541. The first-order chi connectivity index (χ1) is 9.77. The summed E-state index contributed by atoms with van der Waals surface area (Å²) in [7, 11) is 0. The second kappa shape index (κ2) is 7.63. The summed E-state index contributed by atoms with van der Waals surface area (Å²) in [5.41, 5.74) is 1.24. The summed E-state index contributed by atoms with van der Waals surface area (Å²) in [6.07, 6.45) is 13.4. The zero-order chi connectivity index (χ0) is 14.4. The van der Waals surface area contributed by atoms with Crippen molar-refractivity contribution in [3.63, 3.8) is 0 Å². The summed E-state index contributed by atoms with van der Waals surface area (Å²) >= 11 is 5.55. The molecule has 0 spiro atoms. The van der Waals surface area contributed by atoms with Gasteiger partial charge in [-0.1, -0.05) is 51.1 Å². The number of unbranched alkanes of at least 4 members (excludes halogenated alkanes) is 2. The highest BCUT2D eigenvalue weighted by atomic mass is 32.1.